The Morgan fingerprint density at radius 2 is 2.21 bits per heavy atom. The van der Waals surface area contributed by atoms with Gasteiger partial charge in [-0.2, -0.15) is 0 Å². The Morgan fingerprint density at radius 1 is 1.43 bits per heavy atom. The second kappa shape index (κ2) is 3.80. The van der Waals surface area contributed by atoms with Crippen molar-refractivity contribution in [2.45, 2.75) is 12.5 Å². The highest BCUT2D eigenvalue weighted by atomic mass is 16.1. The third-order valence-electron chi connectivity index (χ3n) is 2.65. The zero-order valence-electron chi connectivity index (χ0n) is 8.21. The first-order chi connectivity index (χ1) is 6.83. The van der Waals surface area contributed by atoms with Gasteiger partial charge in [-0.15, -0.1) is 0 Å². The van der Waals surface area contributed by atoms with Crippen molar-refractivity contribution in [2.75, 3.05) is 13.6 Å². The number of carbonyl (C=O) groups is 1. The van der Waals surface area contributed by atoms with Crippen molar-refractivity contribution < 1.29 is 4.79 Å². The highest BCUT2D eigenvalue weighted by molar-refractivity contribution is 5.96. The lowest BCUT2D eigenvalue weighted by atomic mass is 9.99. The molecular weight excluding hydrogens is 176 g/mol. The molecule has 74 valence electrons. The largest absolute Gasteiger partial charge is 0.352 e. The molecular formula is C11H14N2O. The molecule has 0 saturated carbocycles. The Kier molecular flexibility index (Phi) is 2.50. The fraction of sp³-hybridized carbons (Fsp3) is 0.364. The van der Waals surface area contributed by atoms with Crippen molar-refractivity contribution in [2.24, 2.45) is 0 Å². The summed E-state index contributed by atoms with van der Waals surface area (Å²) in [7, 11) is 1.93. The molecule has 0 radical (unpaired) electrons. The van der Waals surface area contributed by atoms with Crippen LogP contribution in [-0.4, -0.2) is 19.5 Å². The molecule has 1 aliphatic heterocycles. The van der Waals surface area contributed by atoms with Crippen molar-refractivity contribution in [1.29, 1.82) is 0 Å². The van der Waals surface area contributed by atoms with E-state index in [-0.39, 0.29) is 11.9 Å². The SMILES string of the molecule is CNC1CCNC(=O)c2ccccc21. The molecule has 3 heteroatoms. The minimum atomic E-state index is 0.0401. The quantitative estimate of drug-likeness (QED) is 0.695. The highest BCUT2D eigenvalue weighted by Gasteiger charge is 2.20. The Bertz CT molecular complexity index is 349. The van der Waals surface area contributed by atoms with Gasteiger partial charge in [-0.25, -0.2) is 0 Å². The summed E-state index contributed by atoms with van der Waals surface area (Å²) in [4.78, 5) is 11.6. The van der Waals surface area contributed by atoms with E-state index >= 15 is 0 Å². The normalized spacial score (nSPS) is 20.9. The first kappa shape index (κ1) is 9.21. The molecule has 2 rings (SSSR count). The van der Waals surface area contributed by atoms with Crippen LogP contribution in [0, 0.1) is 0 Å². The number of nitrogens with one attached hydrogen (secondary N) is 2. The van der Waals surface area contributed by atoms with Crippen molar-refractivity contribution in [3.05, 3.63) is 35.4 Å². The zero-order valence-corrected chi connectivity index (χ0v) is 8.21. The van der Waals surface area contributed by atoms with Gasteiger partial charge in [0, 0.05) is 18.2 Å². The van der Waals surface area contributed by atoms with E-state index in [0.29, 0.717) is 0 Å². The molecule has 3 nitrogen and oxygen atoms in total. The van der Waals surface area contributed by atoms with Gasteiger partial charge in [0.2, 0.25) is 0 Å². The number of hydrogen-bond donors (Lipinski definition) is 2. The summed E-state index contributed by atoms with van der Waals surface area (Å²) in [6, 6.07) is 8.05. The average molecular weight is 190 g/mol. The zero-order chi connectivity index (χ0) is 9.97. The molecule has 0 fully saturated rings. The van der Waals surface area contributed by atoms with Crippen LogP contribution in [-0.2, 0) is 0 Å². The minimum absolute atomic E-state index is 0.0401. The van der Waals surface area contributed by atoms with Crippen LogP contribution in [0.1, 0.15) is 28.4 Å². The van der Waals surface area contributed by atoms with E-state index in [1.54, 1.807) is 0 Å². The Labute approximate surface area is 83.5 Å². The van der Waals surface area contributed by atoms with Gasteiger partial charge in [0.25, 0.3) is 5.91 Å². The van der Waals surface area contributed by atoms with Crippen LogP contribution in [0.15, 0.2) is 24.3 Å². The number of rotatable bonds is 1. The van der Waals surface area contributed by atoms with Crippen LogP contribution in [0.25, 0.3) is 0 Å². The molecule has 0 spiro atoms. The maximum absolute atomic E-state index is 11.6. The molecule has 1 aromatic rings. The predicted octanol–water partition coefficient (Wildman–Crippen LogP) is 1.08. The molecule has 1 aliphatic rings. The van der Waals surface area contributed by atoms with Gasteiger partial charge in [-0.05, 0) is 25.1 Å². The standard InChI is InChI=1S/C11H14N2O/c1-12-10-6-7-13-11(14)9-5-3-2-4-8(9)10/h2-5,10,12H,6-7H2,1H3,(H,13,14). The Balaban J connectivity index is 2.47. The third-order valence-corrected chi connectivity index (χ3v) is 2.65. The van der Waals surface area contributed by atoms with E-state index < -0.39 is 0 Å². The average Bonchev–Trinajstić information content (AvgIpc) is 2.39. The molecule has 1 amide bonds. The summed E-state index contributed by atoms with van der Waals surface area (Å²) >= 11 is 0. The van der Waals surface area contributed by atoms with Crippen LogP contribution in [0.2, 0.25) is 0 Å². The van der Waals surface area contributed by atoms with E-state index in [2.05, 4.69) is 10.6 Å². The van der Waals surface area contributed by atoms with Gasteiger partial charge in [-0.1, -0.05) is 18.2 Å². The summed E-state index contributed by atoms with van der Waals surface area (Å²) in [6.07, 6.45) is 0.944. The summed E-state index contributed by atoms with van der Waals surface area (Å²) in [6.45, 7) is 0.735. The van der Waals surface area contributed by atoms with E-state index in [1.807, 2.05) is 31.3 Å². The van der Waals surface area contributed by atoms with Crippen LogP contribution >= 0.6 is 0 Å². The fourth-order valence-corrected chi connectivity index (χ4v) is 1.89. The van der Waals surface area contributed by atoms with E-state index in [0.717, 1.165) is 24.1 Å². The predicted molar refractivity (Wildman–Crippen MR) is 55.2 cm³/mol. The molecule has 1 heterocycles. The highest BCUT2D eigenvalue weighted by Crippen LogP contribution is 2.22. The molecule has 1 aromatic carbocycles. The number of fused-ring (bicyclic) bond motifs is 1. The smallest absolute Gasteiger partial charge is 0.251 e. The van der Waals surface area contributed by atoms with Crippen molar-refractivity contribution >= 4 is 5.91 Å². The molecule has 2 N–H and O–H groups in total. The fourth-order valence-electron chi connectivity index (χ4n) is 1.89. The number of carbonyl (C=O) groups excluding carboxylic acids is 1. The second-order valence-electron chi connectivity index (χ2n) is 3.47. The van der Waals surface area contributed by atoms with E-state index in [9.17, 15) is 4.79 Å². The van der Waals surface area contributed by atoms with Gasteiger partial charge in [0.15, 0.2) is 0 Å². The Hall–Kier alpha value is -1.35. The summed E-state index contributed by atoms with van der Waals surface area (Å²) in [5.41, 5.74) is 1.90. The first-order valence-electron chi connectivity index (χ1n) is 4.87. The molecule has 0 bridgehead atoms. The van der Waals surface area contributed by atoms with Crippen LogP contribution in [0.5, 0.6) is 0 Å². The third kappa shape index (κ3) is 1.51. The molecule has 0 saturated heterocycles. The van der Waals surface area contributed by atoms with Crippen LogP contribution in [0.3, 0.4) is 0 Å². The van der Waals surface area contributed by atoms with Crippen molar-refractivity contribution in [3.63, 3.8) is 0 Å². The topological polar surface area (TPSA) is 41.1 Å². The minimum Gasteiger partial charge on any atom is -0.352 e. The van der Waals surface area contributed by atoms with Gasteiger partial charge in [0.05, 0.1) is 0 Å². The van der Waals surface area contributed by atoms with E-state index in [1.165, 1.54) is 0 Å². The first-order valence-corrected chi connectivity index (χ1v) is 4.87. The van der Waals surface area contributed by atoms with E-state index in [4.69, 9.17) is 0 Å². The van der Waals surface area contributed by atoms with Crippen LogP contribution < -0.4 is 10.6 Å². The monoisotopic (exact) mass is 190 g/mol. The van der Waals surface area contributed by atoms with Gasteiger partial charge >= 0.3 is 0 Å². The lowest BCUT2D eigenvalue weighted by molar-refractivity contribution is 0.0956. The molecule has 14 heavy (non-hydrogen) atoms. The molecule has 1 unspecified atom stereocenters. The summed E-state index contributed by atoms with van der Waals surface area (Å²) < 4.78 is 0. The Morgan fingerprint density at radius 3 is 3.00 bits per heavy atom. The van der Waals surface area contributed by atoms with Crippen LogP contribution in [0.4, 0.5) is 0 Å². The maximum Gasteiger partial charge on any atom is 0.251 e. The van der Waals surface area contributed by atoms with Gasteiger partial charge in [0.1, 0.15) is 0 Å². The van der Waals surface area contributed by atoms with Gasteiger partial charge in [-0.3, -0.25) is 4.79 Å². The summed E-state index contributed by atoms with van der Waals surface area (Å²) in [5.74, 6) is 0.0401. The lowest BCUT2D eigenvalue weighted by Crippen LogP contribution is -2.22. The van der Waals surface area contributed by atoms with Crippen molar-refractivity contribution in [3.8, 4) is 0 Å². The second-order valence-corrected chi connectivity index (χ2v) is 3.47. The van der Waals surface area contributed by atoms with Crippen molar-refractivity contribution in [1.82, 2.24) is 10.6 Å². The molecule has 1 atom stereocenters. The summed E-state index contributed by atoms with van der Waals surface area (Å²) in [5, 5.41) is 6.11. The number of amides is 1. The molecule has 0 aromatic heterocycles. The molecule has 0 aliphatic carbocycles. The maximum atomic E-state index is 11.6. The number of hydrogen-bond acceptors (Lipinski definition) is 2. The lowest BCUT2D eigenvalue weighted by Gasteiger charge is -2.14. The van der Waals surface area contributed by atoms with Gasteiger partial charge < -0.3 is 10.6 Å². The number of benzene rings is 1.